The lowest BCUT2D eigenvalue weighted by atomic mass is 10.1. The summed E-state index contributed by atoms with van der Waals surface area (Å²) in [7, 11) is 0. The van der Waals surface area contributed by atoms with Crippen molar-refractivity contribution in [2.24, 2.45) is 4.99 Å². The summed E-state index contributed by atoms with van der Waals surface area (Å²) >= 11 is 1.25. The Morgan fingerprint density at radius 2 is 1.96 bits per heavy atom. The molecule has 3 aromatic rings. The number of hydrogen-bond acceptors (Lipinski definition) is 4. The van der Waals surface area contributed by atoms with E-state index in [9.17, 15) is 14.9 Å². The summed E-state index contributed by atoms with van der Waals surface area (Å²) in [5.41, 5.74) is 3.31. The van der Waals surface area contributed by atoms with E-state index in [0.717, 1.165) is 16.6 Å². The highest BCUT2D eigenvalue weighted by atomic mass is 32.1. The van der Waals surface area contributed by atoms with Crippen LogP contribution in [0.15, 0.2) is 54.0 Å². The average Bonchev–Trinajstić information content (AvgIpc) is 2.91. The molecule has 26 heavy (non-hydrogen) atoms. The van der Waals surface area contributed by atoms with Gasteiger partial charge in [-0.05, 0) is 32.0 Å². The summed E-state index contributed by atoms with van der Waals surface area (Å²) in [6, 6.07) is 10.2. The number of hydrogen-bond donors (Lipinski definition) is 0. The van der Waals surface area contributed by atoms with E-state index in [1.165, 1.54) is 23.5 Å². The first-order chi connectivity index (χ1) is 12.4. The fraction of sp³-hybridized carbons (Fsp3) is 0.158. The number of nitro groups is 1. The highest BCUT2D eigenvalue weighted by molar-refractivity contribution is 7.16. The van der Waals surface area contributed by atoms with Crippen molar-refractivity contribution >= 4 is 33.1 Å². The Hall–Kier alpha value is -3.06. The third-order valence-electron chi connectivity index (χ3n) is 3.85. The van der Waals surface area contributed by atoms with Crippen LogP contribution >= 0.6 is 11.3 Å². The summed E-state index contributed by atoms with van der Waals surface area (Å²) in [6.45, 7) is 8.06. The molecule has 0 spiro atoms. The highest BCUT2D eigenvalue weighted by Gasteiger charge is 2.13. The first kappa shape index (κ1) is 17.8. The predicted octanol–water partition coefficient (Wildman–Crippen LogP) is 4.15. The van der Waals surface area contributed by atoms with E-state index in [2.05, 4.69) is 11.6 Å². The Bertz CT molecular complexity index is 1090. The van der Waals surface area contributed by atoms with Crippen LogP contribution in [0.25, 0.3) is 10.2 Å². The van der Waals surface area contributed by atoms with Crippen LogP contribution in [0.2, 0.25) is 0 Å². The number of carbonyl (C=O) groups is 1. The van der Waals surface area contributed by atoms with Gasteiger partial charge in [0.2, 0.25) is 0 Å². The number of aromatic nitrogens is 1. The van der Waals surface area contributed by atoms with Crippen molar-refractivity contribution in [1.29, 1.82) is 0 Å². The Labute approximate surface area is 153 Å². The van der Waals surface area contributed by atoms with Crippen molar-refractivity contribution in [3.63, 3.8) is 0 Å². The lowest BCUT2D eigenvalue weighted by molar-refractivity contribution is -0.384. The van der Waals surface area contributed by atoms with Gasteiger partial charge in [0.05, 0.1) is 15.1 Å². The molecule has 0 atom stereocenters. The van der Waals surface area contributed by atoms with Crippen molar-refractivity contribution < 1.29 is 9.72 Å². The molecule has 0 saturated carbocycles. The van der Waals surface area contributed by atoms with Crippen molar-refractivity contribution in [3.05, 3.63) is 80.7 Å². The van der Waals surface area contributed by atoms with Crippen molar-refractivity contribution in [2.45, 2.75) is 20.4 Å². The molecule has 0 aliphatic heterocycles. The standard InChI is InChI=1S/C19H17N3O3S/c1-4-7-21-16-6-5-15(22(24)25)11-17(16)26-19(21)20-18(23)14-9-12(2)8-13(3)10-14/h4-6,8-11H,1,7H2,2-3H3. The fourth-order valence-corrected chi connectivity index (χ4v) is 3.89. The van der Waals surface area contributed by atoms with E-state index in [4.69, 9.17) is 0 Å². The fourth-order valence-electron chi connectivity index (χ4n) is 2.82. The minimum Gasteiger partial charge on any atom is -0.312 e. The van der Waals surface area contributed by atoms with Crippen LogP contribution < -0.4 is 4.80 Å². The van der Waals surface area contributed by atoms with Gasteiger partial charge in [0, 0.05) is 24.2 Å². The maximum atomic E-state index is 12.6. The van der Waals surface area contributed by atoms with Crippen LogP contribution in [0.4, 0.5) is 5.69 Å². The van der Waals surface area contributed by atoms with E-state index in [0.29, 0.717) is 21.6 Å². The topological polar surface area (TPSA) is 77.5 Å². The molecular formula is C19H17N3O3S. The van der Waals surface area contributed by atoms with E-state index < -0.39 is 4.92 Å². The third kappa shape index (κ3) is 3.48. The van der Waals surface area contributed by atoms with Gasteiger partial charge in [-0.2, -0.15) is 4.99 Å². The second kappa shape index (κ2) is 7.05. The maximum Gasteiger partial charge on any atom is 0.279 e. The molecule has 1 amide bonds. The summed E-state index contributed by atoms with van der Waals surface area (Å²) in [6.07, 6.45) is 1.70. The number of amides is 1. The summed E-state index contributed by atoms with van der Waals surface area (Å²) < 4.78 is 2.53. The van der Waals surface area contributed by atoms with Crippen LogP contribution in [0.1, 0.15) is 21.5 Å². The zero-order valence-corrected chi connectivity index (χ0v) is 15.2. The number of non-ortho nitro benzene ring substituents is 1. The molecule has 0 N–H and O–H groups in total. The first-order valence-corrected chi connectivity index (χ1v) is 8.76. The molecule has 2 aromatic carbocycles. The Kier molecular flexibility index (Phi) is 4.81. The molecule has 0 fully saturated rings. The molecule has 1 aromatic heterocycles. The van der Waals surface area contributed by atoms with Crippen molar-refractivity contribution in [1.82, 2.24) is 4.57 Å². The molecule has 0 unspecified atom stereocenters. The summed E-state index contributed by atoms with van der Waals surface area (Å²) in [5.74, 6) is -0.337. The molecule has 7 heteroatoms. The number of allylic oxidation sites excluding steroid dienone is 1. The number of carbonyl (C=O) groups excluding carboxylic acids is 1. The number of benzene rings is 2. The molecule has 0 radical (unpaired) electrons. The van der Waals surface area contributed by atoms with Gasteiger partial charge in [0.1, 0.15) is 0 Å². The second-order valence-corrected chi connectivity index (χ2v) is 7.00. The van der Waals surface area contributed by atoms with Gasteiger partial charge >= 0.3 is 0 Å². The largest absolute Gasteiger partial charge is 0.312 e. The van der Waals surface area contributed by atoms with Crippen LogP contribution in [-0.2, 0) is 6.54 Å². The first-order valence-electron chi connectivity index (χ1n) is 7.95. The minimum absolute atomic E-state index is 0.0108. The minimum atomic E-state index is -0.436. The van der Waals surface area contributed by atoms with Gasteiger partial charge in [-0.25, -0.2) is 0 Å². The van der Waals surface area contributed by atoms with Gasteiger partial charge in [-0.3, -0.25) is 14.9 Å². The number of nitro benzene ring substituents is 1. The molecular weight excluding hydrogens is 350 g/mol. The van der Waals surface area contributed by atoms with E-state index in [1.54, 1.807) is 24.3 Å². The third-order valence-corrected chi connectivity index (χ3v) is 4.90. The Balaban J connectivity index is 2.17. The molecule has 6 nitrogen and oxygen atoms in total. The molecule has 0 aliphatic carbocycles. The number of fused-ring (bicyclic) bond motifs is 1. The molecule has 0 saturated heterocycles. The molecule has 132 valence electrons. The van der Waals surface area contributed by atoms with E-state index in [-0.39, 0.29) is 11.6 Å². The zero-order chi connectivity index (χ0) is 18.8. The lowest BCUT2D eigenvalue weighted by Crippen LogP contribution is -2.16. The Morgan fingerprint density at radius 3 is 2.58 bits per heavy atom. The lowest BCUT2D eigenvalue weighted by Gasteiger charge is -2.02. The number of thiazole rings is 1. The molecule has 0 aliphatic rings. The van der Waals surface area contributed by atoms with Gasteiger partial charge in [-0.15, -0.1) is 6.58 Å². The summed E-state index contributed by atoms with van der Waals surface area (Å²) in [4.78, 5) is 27.9. The van der Waals surface area contributed by atoms with Crippen LogP contribution in [0.5, 0.6) is 0 Å². The normalized spacial score (nSPS) is 11.7. The molecule has 1 heterocycles. The smallest absolute Gasteiger partial charge is 0.279 e. The predicted molar refractivity (Wildman–Crippen MR) is 102 cm³/mol. The monoisotopic (exact) mass is 367 g/mol. The van der Waals surface area contributed by atoms with Gasteiger partial charge in [0.15, 0.2) is 4.80 Å². The van der Waals surface area contributed by atoms with Gasteiger partial charge < -0.3 is 4.57 Å². The number of nitrogens with zero attached hydrogens (tertiary/aromatic N) is 3. The van der Waals surface area contributed by atoms with Crippen molar-refractivity contribution in [3.8, 4) is 0 Å². The maximum absolute atomic E-state index is 12.6. The number of aryl methyl sites for hydroxylation is 2. The second-order valence-electron chi connectivity index (χ2n) is 5.99. The highest BCUT2D eigenvalue weighted by Crippen LogP contribution is 2.23. The van der Waals surface area contributed by atoms with Gasteiger partial charge in [-0.1, -0.05) is 34.6 Å². The van der Waals surface area contributed by atoms with E-state index >= 15 is 0 Å². The van der Waals surface area contributed by atoms with Crippen LogP contribution in [0, 0.1) is 24.0 Å². The van der Waals surface area contributed by atoms with Crippen molar-refractivity contribution in [2.75, 3.05) is 0 Å². The zero-order valence-electron chi connectivity index (χ0n) is 14.4. The quantitative estimate of drug-likeness (QED) is 0.395. The van der Waals surface area contributed by atoms with E-state index in [1.807, 2.05) is 24.5 Å². The molecule has 3 rings (SSSR count). The SMILES string of the molecule is C=CCn1c(=NC(=O)c2cc(C)cc(C)c2)sc2cc([N+](=O)[O-])ccc21. The summed E-state index contributed by atoms with van der Waals surface area (Å²) in [5, 5.41) is 11.0. The average molecular weight is 367 g/mol. The number of rotatable bonds is 4. The Morgan fingerprint density at radius 1 is 1.27 bits per heavy atom. The van der Waals surface area contributed by atoms with Gasteiger partial charge in [0.25, 0.3) is 11.6 Å². The molecule has 0 bridgehead atoms. The van der Waals surface area contributed by atoms with Crippen LogP contribution in [-0.4, -0.2) is 15.4 Å². The van der Waals surface area contributed by atoms with Crippen LogP contribution in [0.3, 0.4) is 0 Å².